The molecule has 1 N–H and O–H groups in total. The molecule has 1 aromatic heterocycles. The van der Waals surface area contributed by atoms with Gasteiger partial charge in [-0.2, -0.15) is 13.2 Å². The molecule has 5 nitrogen and oxygen atoms in total. The Bertz CT molecular complexity index is 1400. The number of thioether (sulfide) groups is 1. The number of aromatic nitrogens is 3. The maximum Gasteiger partial charge on any atom is 0.416 e. The topological polar surface area (TPSA) is 59.8 Å². The van der Waals surface area contributed by atoms with Gasteiger partial charge in [0.05, 0.1) is 28.4 Å². The summed E-state index contributed by atoms with van der Waals surface area (Å²) in [6.07, 6.45) is -4.52. The van der Waals surface area contributed by atoms with E-state index in [1.165, 1.54) is 46.7 Å². The molecule has 0 atom stereocenters. The van der Waals surface area contributed by atoms with Gasteiger partial charge in [0.2, 0.25) is 0 Å². The first-order valence-electron chi connectivity index (χ1n) is 10.3. The van der Waals surface area contributed by atoms with Gasteiger partial charge in [0, 0.05) is 15.2 Å². The Balaban J connectivity index is 1.63. The minimum Gasteiger partial charge on any atom is -0.345 e. The maximum atomic E-state index is 13.4. The lowest BCUT2D eigenvalue weighted by Gasteiger charge is -2.14. The lowest BCUT2D eigenvalue weighted by Crippen LogP contribution is -2.25. The maximum absolute atomic E-state index is 13.4. The predicted molar refractivity (Wildman–Crippen MR) is 138 cm³/mol. The zero-order valence-corrected chi connectivity index (χ0v) is 22.1. The summed E-state index contributed by atoms with van der Waals surface area (Å²) in [7, 11) is 0. The van der Waals surface area contributed by atoms with E-state index in [9.17, 15) is 18.0 Å². The van der Waals surface area contributed by atoms with Crippen molar-refractivity contribution in [2.24, 2.45) is 0 Å². The van der Waals surface area contributed by atoms with Crippen molar-refractivity contribution in [1.82, 2.24) is 20.1 Å². The lowest BCUT2D eigenvalue weighted by molar-refractivity contribution is -0.137. The van der Waals surface area contributed by atoms with Gasteiger partial charge in [0.25, 0.3) is 5.91 Å². The van der Waals surface area contributed by atoms with Gasteiger partial charge in [-0.25, -0.2) is 0 Å². The molecule has 0 radical (unpaired) electrons. The summed E-state index contributed by atoms with van der Waals surface area (Å²) in [6.45, 7) is -0.0973. The molecule has 3 aromatic carbocycles. The van der Waals surface area contributed by atoms with Gasteiger partial charge in [-0.05, 0) is 54.1 Å². The highest BCUT2D eigenvalue weighted by molar-refractivity contribution is 9.10. The number of halogens is 6. The normalized spacial score (nSPS) is 11.5. The second kappa shape index (κ2) is 11.2. The average Bonchev–Trinajstić information content (AvgIpc) is 3.24. The molecule has 0 saturated heterocycles. The largest absolute Gasteiger partial charge is 0.416 e. The van der Waals surface area contributed by atoms with Crippen LogP contribution >= 0.6 is 50.9 Å². The van der Waals surface area contributed by atoms with Crippen LogP contribution in [-0.4, -0.2) is 20.7 Å². The molecule has 0 fully saturated rings. The van der Waals surface area contributed by atoms with Gasteiger partial charge in [0.15, 0.2) is 11.0 Å². The van der Waals surface area contributed by atoms with E-state index < -0.39 is 17.6 Å². The van der Waals surface area contributed by atoms with E-state index in [1.807, 2.05) is 24.3 Å². The molecule has 0 aliphatic rings. The number of benzene rings is 3. The molecule has 0 aliphatic carbocycles. The van der Waals surface area contributed by atoms with Crippen LogP contribution in [0, 0.1) is 0 Å². The Morgan fingerprint density at radius 3 is 2.47 bits per heavy atom. The van der Waals surface area contributed by atoms with E-state index >= 15 is 0 Å². The number of hydrogen-bond donors (Lipinski definition) is 1. The number of hydrogen-bond acceptors (Lipinski definition) is 4. The Morgan fingerprint density at radius 2 is 1.78 bits per heavy atom. The number of nitrogens with zero attached hydrogens (tertiary/aromatic N) is 3. The average molecular weight is 616 g/mol. The lowest BCUT2D eigenvalue weighted by atomic mass is 10.2. The molecule has 36 heavy (non-hydrogen) atoms. The molecular formula is C24H16BrCl2F3N4OS. The van der Waals surface area contributed by atoms with Crippen LogP contribution in [0.15, 0.2) is 76.4 Å². The zero-order chi connectivity index (χ0) is 25.9. The van der Waals surface area contributed by atoms with Crippen LogP contribution in [0.4, 0.5) is 13.2 Å². The van der Waals surface area contributed by atoms with Gasteiger partial charge < -0.3 is 5.32 Å². The third kappa shape index (κ3) is 6.42. The molecule has 4 aromatic rings. The minimum atomic E-state index is -4.52. The third-order valence-electron chi connectivity index (χ3n) is 5.00. The molecule has 4 rings (SSSR count). The van der Waals surface area contributed by atoms with E-state index in [1.54, 1.807) is 0 Å². The molecule has 1 amide bonds. The molecule has 12 heteroatoms. The smallest absolute Gasteiger partial charge is 0.345 e. The summed E-state index contributed by atoms with van der Waals surface area (Å²) in [4.78, 5) is 12.7. The quantitative estimate of drug-likeness (QED) is 0.218. The minimum absolute atomic E-state index is 0.0973. The standard InChI is InChI=1S/C24H16BrCl2F3N4OS/c25-16-6-4-14(5-7-16)13-36-23-33-32-21(12-31-22(35)19-9-8-17(26)11-20(19)27)34(23)18-3-1-2-15(10-18)24(28,29)30/h1-11H,12-13H2,(H,31,35). The molecule has 0 aliphatic heterocycles. The fourth-order valence-electron chi connectivity index (χ4n) is 3.25. The second-order valence-electron chi connectivity index (χ2n) is 7.50. The van der Waals surface area contributed by atoms with Gasteiger partial charge in [-0.15, -0.1) is 10.2 Å². The van der Waals surface area contributed by atoms with Crippen molar-refractivity contribution in [2.45, 2.75) is 23.6 Å². The van der Waals surface area contributed by atoms with E-state index in [4.69, 9.17) is 23.2 Å². The van der Waals surface area contributed by atoms with Crippen LogP contribution in [0.3, 0.4) is 0 Å². The Labute approximate surface area is 227 Å². The number of amides is 1. The molecule has 0 saturated carbocycles. The zero-order valence-electron chi connectivity index (χ0n) is 18.2. The van der Waals surface area contributed by atoms with Crippen molar-refractivity contribution in [3.05, 3.63) is 104 Å². The van der Waals surface area contributed by atoms with Crippen molar-refractivity contribution < 1.29 is 18.0 Å². The molecule has 186 valence electrons. The molecular weight excluding hydrogens is 600 g/mol. The number of nitrogens with one attached hydrogen (secondary N) is 1. The highest BCUT2D eigenvalue weighted by atomic mass is 79.9. The summed E-state index contributed by atoms with van der Waals surface area (Å²) in [5.74, 6) is 0.280. The monoisotopic (exact) mass is 614 g/mol. The molecule has 0 unspecified atom stereocenters. The summed E-state index contributed by atoms with van der Waals surface area (Å²) >= 11 is 16.7. The van der Waals surface area contributed by atoms with Crippen LogP contribution in [0.5, 0.6) is 0 Å². The van der Waals surface area contributed by atoms with Gasteiger partial charge in [-0.1, -0.05) is 69.1 Å². The van der Waals surface area contributed by atoms with Crippen molar-refractivity contribution >= 4 is 56.8 Å². The summed E-state index contributed by atoms with van der Waals surface area (Å²) in [5, 5.41) is 12.0. The summed E-state index contributed by atoms with van der Waals surface area (Å²) < 4.78 is 42.6. The molecule has 1 heterocycles. The Morgan fingerprint density at radius 1 is 1.03 bits per heavy atom. The summed E-state index contributed by atoms with van der Waals surface area (Å²) in [5.41, 5.74) is 0.618. The number of rotatable bonds is 7. The van der Waals surface area contributed by atoms with Gasteiger partial charge in [0.1, 0.15) is 0 Å². The number of carbonyl (C=O) groups is 1. The van der Waals surface area contributed by atoms with Crippen LogP contribution in [0.25, 0.3) is 5.69 Å². The van der Waals surface area contributed by atoms with Crippen molar-refractivity contribution in [3.63, 3.8) is 0 Å². The van der Waals surface area contributed by atoms with E-state index in [0.29, 0.717) is 15.9 Å². The van der Waals surface area contributed by atoms with E-state index in [0.717, 1.165) is 22.2 Å². The second-order valence-corrected chi connectivity index (χ2v) is 10.2. The van der Waals surface area contributed by atoms with Crippen molar-refractivity contribution in [3.8, 4) is 5.69 Å². The van der Waals surface area contributed by atoms with Crippen molar-refractivity contribution in [1.29, 1.82) is 0 Å². The Hall–Kier alpha value is -2.53. The number of alkyl halides is 3. The van der Waals surface area contributed by atoms with E-state index in [2.05, 4.69) is 31.4 Å². The highest BCUT2D eigenvalue weighted by Crippen LogP contribution is 2.32. The molecule has 0 bridgehead atoms. The SMILES string of the molecule is O=C(NCc1nnc(SCc2ccc(Br)cc2)n1-c1cccc(C(F)(F)F)c1)c1ccc(Cl)cc1Cl. The fourth-order valence-corrected chi connectivity index (χ4v) is 4.93. The highest BCUT2D eigenvalue weighted by Gasteiger charge is 2.31. The van der Waals surface area contributed by atoms with Crippen LogP contribution < -0.4 is 5.32 Å². The van der Waals surface area contributed by atoms with Crippen LogP contribution in [-0.2, 0) is 18.5 Å². The number of carbonyl (C=O) groups excluding carboxylic acids is 1. The Kier molecular flexibility index (Phi) is 8.29. The summed E-state index contributed by atoms with van der Waals surface area (Å²) in [6, 6.07) is 17.0. The first-order chi connectivity index (χ1) is 17.1. The van der Waals surface area contributed by atoms with Crippen LogP contribution in [0.2, 0.25) is 10.0 Å². The van der Waals surface area contributed by atoms with Crippen LogP contribution in [0.1, 0.15) is 27.3 Å². The molecule has 0 spiro atoms. The first kappa shape index (κ1) is 26.5. The van der Waals surface area contributed by atoms with Gasteiger partial charge >= 0.3 is 6.18 Å². The first-order valence-corrected chi connectivity index (χ1v) is 12.9. The fraction of sp³-hybridized carbons (Fsp3) is 0.125. The third-order valence-corrected chi connectivity index (χ3v) is 7.07. The van der Waals surface area contributed by atoms with Gasteiger partial charge in [-0.3, -0.25) is 9.36 Å². The van der Waals surface area contributed by atoms with Crippen molar-refractivity contribution in [2.75, 3.05) is 0 Å². The van der Waals surface area contributed by atoms with E-state index in [-0.39, 0.29) is 28.6 Å². The predicted octanol–water partition coefficient (Wildman–Crippen LogP) is 7.58.